The zero-order valence-corrected chi connectivity index (χ0v) is 12.9. The molecule has 3 nitrogen and oxygen atoms in total. The largest absolute Gasteiger partial charge is 0.394 e. The average Bonchev–Trinajstić information content (AvgIpc) is 2.41. The highest BCUT2D eigenvalue weighted by Crippen LogP contribution is 2.29. The Hall–Kier alpha value is -1.06. The van der Waals surface area contributed by atoms with Gasteiger partial charge in [0.25, 0.3) is 0 Å². The van der Waals surface area contributed by atoms with E-state index in [2.05, 4.69) is 50.4 Å². The van der Waals surface area contributed by atoms with E-state index < -0.39 is 0 Å². The molecule has 3 heteroatoms. The van der Waals surface area contributed by atoms with Crippen molar-refractivity contribution in [2.45, 2.75) is 63.5 Å². The summed E-state index contributed by atoms with van der Waals surface area (Å²) in [7, 11) is 0. The van der Waals surface area contributed by atoms with Crippen molar-refractivity contribution >= 4 is 5.69 Å². The molecule has 4 N–H and O–H groups in total. The molecule has 0 atom stereocenters. The number of hydrogen-bond donors (Lipinski definition) is 3. The van der Waals surface area contributed by atoms with E-state index >= 15 is 0 Å². The molecule has 0 radical (unpaired) electrons. The maximum Gasteiger partial charge on any atom is 0.0611 e. The van der Waals surface area contributed by atoms with Crippen LogP contribution in [0.3, 0.4) is 0 Å². The van der Waals surface area contributed by atoms with Crippen LogP contribution in [-0.4, -0.2) is 23.3 Å². The fraction of sp³-hybridized carbons (Fsp3) is 0.647. The fourth-order valence-electron chi connectivity index (χ4n) is 2.80. The minimum absolute atomic E-state index is 0.0972. The van der Waals surface area contributed by atoms with Crippen LogP contribution >= 0.6 is 0 Å². The van der Waals surface area contributed by atoms with E-state index in [0.29, 0.717) is 6.04 Å². The first-order valence-corrected chi connectivity index (χ1v) is 7.59. The van der Waals surface area contributed by atoms with Crippen molar-refractivity contribution in [3.63, 3.8) is 0 Å². The van der Waals surface area contributed by atoms with Crippen LogP contribution in [0.4, 0.5) is 5.69 Å². The van der Waals surface area contributed by atoms with Gasteiger partial charge >= 0.3 is 0 Å². The Labute approximate surface area is 122 Å². The van der Waals surface area contributed by atoms with Crippen LogP contribution < -0.4 is 11.1 Å². The van der Waals surface area contributed by atoms with Gasteiger partial charge in [0, 0.05) is 17.3 Å². The van der Waals surface area contributed by atoms with Crippen molar-refractivity contribution in [3.8, 4) is 0 Å². The predicted octanol–water partition coefficient (Wildman–Crippen LogP) is 3.03. The molecular formula is C17H28N2O. The lowest BCUT2D eigenvalue weighted by Crippen LogP contribution is -2.48. The number of nitrogens with one attached hydrogen (secondary N) is 1. The van der Waals surface area contributed by atoms with Gasteiger partial charge in [-0.2, -0.15) is 0 Å². The maximum atomic E-state index is 9.29. The normalized spacial score (nSPS) is 27.4. The molecule has 0 spiro atoms. The van der Waals surface area contributed by atoms with Crippen LogP contribution in [0.2, 0.25) is 0 Å². The molecule has 1 aromatic carbocycles. The van der Waals surface area contributed by atoms with Gasteiger partial charge in [-0.05, 0) is 48.8 Å². The summed E-state index contributed by atoms with van der Waals surface area (Å²) in [5.74, 6) is 0. The lowest BCUT2D eigenvalue weighted by Gasteiger charge is -2.36. The number of anilines is 1. The van der Waals surface area contributed by atoms with Crippen LogP contribution in [0, 0.1) is 0 Å². The smallest absolute Gasteiger partial charge is 0.0611 e. The van der Waals surface area contributed by atoms with Gasteiger partial charge in [-0.15, -0.1) is 0 Å². The summed E-state index contributed by atoms with van der Waals surface area (Å²) in [5.41, 5.74) is 8.48. The SMILES string of the molecule is CC(C)(C)c1ccc(NC2CCC(N)(CO)CC2)cc1. The fourth-order valence-corrected chi connectivity index (χ4v) is 2.80. The van der Waals surface area contributed by atoms with E-state index in [1.54, 1.807) is 0 Å². The number of nitrogens with two attached hydrogens (primary N) is 1. The minimum Gasteiger partial charge on any atom is -0.394 e. The standard InChI is InChI=1S/C17H28N2O/c1-16(2,3)13-4-6-14(7-5-13)19-15-8-10-17(18,12-20)11-9-15/h4-7,15,19-20H,8-12,18H2,1-3H3. The molecule has 0 amide bonds. The van der Waals surface area contributed by atoms with Gasteiger partial charge in [0.05, 0.1) is 6.61 Å². The summed E-state index contributed by atoms with van der Waals surface area (Å²) in [6, 6.07) is 9.20. The van der Waals surface area contributed by atoms with Crippen molar-refractivity contribution in [1.82, 2.24) is 0 Å². The summed E-state index contributed by atoms with van der Waals surface area (Å²) < 4.78 is 0. The molecule has 1 aliphatic carbocycles. The third-order valence-electron chi connectivity index (χ3n) is 4.42. The van der Waals surface area contributed by atoms with Gasteiger partial charge in [0.15, 0.2) is 0 Å². The number of benzene rings is 1. The Morgan fingerprint density at radius 2 is 1.75 bits per heavy atom. The molecule has 1 fully saturated rings. The molecule has 20 heavy (non-hydrogen) atoms. The third kappa shape index (κ3) is 3.74. The predicted molar refractivity (Wildman–Crippen MR) is 85.0 cm³/mol. The van der Waals surface area contributed by atoms with Crippen molar-refractivity contribution in [2.75, 3.05) is 11.9 Å². The van der Waals surface area contributed by atoms with Crippen molar-refractivity contribution in [2.24, 2.45) is 5.73 Å². The highest BCUT2D eigenvalue weighted by atomic mass is 16.3. The first-order valence-electron chi connectivity index (χ1n) is 7.59. The second kappa shape index (κ2) is 5.74. The third-order valence-corrected chi connectivity index (χ3v) is 4.42. The van der Waals surface area contributed by atoms with Gasteiger partial charge < -0.3 is 16.2 Å². The summed E-state index contributed by atoms with van der Waals surface area (Å²) in [5, 5.41) is 12.9. The van der Waals surface area contributed by atoms with E-state index in [9.17, 15) is 5.11 Å². The first-order chi connectivity index (χ1) is 9.32. The highest BCUT2D eigenvalue weighted by Gasteiger charge is 2.30. The monoisotopic (exact) mass is 276 g/mol. The lowest BCUT2D eigenvalue weighted by atomic mass is 9.80. The van der Waals surface area contributed by atoms with E-state index in [-0.39, 0.29) is 17.6 Å². The van der Waals surface area contributed by atoms with Crippen LogP contribution in [-0.2, 0) is 5.41 Å². The molecule has 1 saturated carbocycles. The molecule has 2 rings (SSSR count). The van der Waals surface area contributed by atoms with Gasteiger partial charge in [0.1, 0.15) is 0 Å². The molecular weight excluding hydrogens is 248 g/mol. The number of aliphatic hydroxyl groups excluding tert-OH is 1. The molecule has 112 valence electrons. The molecule has 0 unspecified atom stereocenters. The van der Waals surface area contributed by atoms with E-state index in [4.69, 9.17) is 5.73 Å². The molecule has 0 heterocycles. The number of rotatable bonds is 3. The first kappa shape index (κ1) is 15.3. The maximum absolute atomic E-state index is 9.29. The summed E-state index contributed by atoms with van der Waals surface area (Å²) >= 11 is 0. The Morgan fingerprint density at radius 3 is 2.20 bits per heavy atom. The van der Waals surface area contributed by atoms with Crippen molar-refractivity contribution in [1.29, 1.82) is 0 Å². The van der Waals surface area contributed by atoms with Crippen LogP contribution in [0.15, 0.2) is 24.3 Å². The Balaban J connectivity index is 1.92. The zero-order valence-electron chi connectivity index (χ0n) is 12.9. The van der Waals surface area contributed by atoms with Gasteiger partial charge in [-0.3, -0.25) is 0 Å². The van der Waals surface area contributed by atoms with E-state index in [1.165, 1.54) is 11.3 Å². The van der Waals surface area contributed by atoms with Crippen LogP contribution in [0.1, 0.15) is 52.0 Å². The highest BCUT2D eigenvalue weighted by molar-refractivity contribution is 5.46. The van der Waals surface area contributed by atoms with Crippen molar-refractivity contribution < 1.29 is 5.11 Å². The Morgan fingerprint density at radius 1 is 1.20 bits per heavy atom. The quantitative estimate of drug-likeness (QED) is 0.795. The van der Waals surface area contributed by atoms with Crippen LogP contribution in [0.25, 0.3) is 0 Å². The van der Waals surface area contributed by atoms with Crippen molar-refractivity contribution in [3.05, 3.63) is 29.8 Å². The Kier molecular flexibility index (Phi) is 4.40. The van der Waals surface area contributed by atoms with Gasteiger partial charge in [-0.1, -0.05) is 32.9 Å². The molecule has 1 aromatic rings. The molecule has 0 aliphatic heterocycles. The van der Waals surface area contributed by atoms with Gasteiger partial charge in [0.2, 0.25) is 0 Å². The van der Waals surface area contributed by atoms with E-state index in [1.807, 2.05) is 0 Å². The van der Waals surface area contributed by atoms with Gasteiger partial charge in [-0.25, -0.2) is 0 Å². The summed E-state index contributed by atoms with van der Waals surface area (Å²) in [4.78, 5) is 0. The molecule has 0 bridgehead atoms. The lowest BCUT2D eigenvalue weighted by molar-refractivity contribution is 0.152. The minimum atomic E-state index is -0.353. The summed E-state index contributed by atoms with van der Waals surface area (Å²) in [6.07, 6.45) is 3.83. The zero-order chi connectivity index (χ0) is 14.8. The number of aliphatic hydroxyl groups is 1. The topological polar surface area (TPSA) is 58.3 Å². The molecule has 1 aliphatic rings. The number of hydrogen-bond acceptors (Lipinski definition) is 3. The van der Waals surface area contributed by atoms with Crippen LogP contribution in [0.5, 0.6) is 0 Å². The molecule has 0 aromatic heterocycles. The Bertz CT molecular complexity index is 425. The average molecular weight is 276 g/mol. The summed E-state index contributed by atoms with van der Waals surface area (Å²) in [6.45, 7) is 6.78. The second-order valence-corrected chi connectivity index (χ2v) is 7.27. The van der Waals surface area contributed by atoms with E-state index in [0.717, 1.165) is 25.7 Å². The second-order valence-electron chi connectivity index (χ2n) is 7.27. The molecule has 0 saturated heterocycles.